The normalized spacial score (nSPS) is 12.1. The number of phenolic OH excluding ortho intramolecular Hbond substituents is 1. The minimum Gasteiger partial charge on any atom is -0.505 e. The number of para-hydroxylation sites is 2. The monoisotopic (exact) mass is 569 g/mol. The molecule has 0 bridgehead atoms. The Morgan fingerprint density at radius 3 is 2.35 bits per heavy atom. The number of carbonyl (C=O) groups excluding carboxylic acids is 1. The van der Waals surface area contributed by atoms with E-state index in [2.05, 4.69) is 40.4 Å². The van der Waals surface area contributed by atoms with Crippen LogP contribution in [0, 0.1) is 0 Å². The summed E-state index contributed by atoms with van der Waals surface area (Å²) in [7, 11) is 0. The van der Waals surface area contributed by atoms with Crippen molar-refractivity contribution in [3.05, 3.63) is 108 Å². The molecule has 1 heterocycles. The van der Waals surface area contributed by atoms with Gasteiger partial charge in [-0.25, -0.2) is 0 Å². The average Bonchev–Trinajstić information content (AvgIpc) is 3.43. The van der Waals surface area contributed by atoms with Crippen molar-refractivity contribution in [2.24, 2.45) is 16.0 Å². The van der Waals surface area contributed by atoms with Crippen LogP contribution in [0.5, 0.6) is 5.75 Å². The van der Waals surface area contributed by atoms with Gasteiger partial charge in [0.1, 0.15) is 5.69 Å². The van der Waals surface area contributed by atoms with Gasteiger partial charge in [0.25, 0.3) is 5.91 Å². The van der Waals surface area contributed by atoms with E-state index in [1.165, 1.54) is 0 Å². The third-order valence-corrected chi connectivity index (χ3v) is 8.59. The maximum absolute atomic E-state index is 13.6. The van der Waals surface area contributed by atoms with E-state index in [4.69, 9.17) is 5.73 Å². The number of H-pyrrole nitrogens is 1. The molecule has 1 aromatic heterocycles. The highest BCUT2D eigenvalue weighted by Gasteiger charge is 2.23. The van der Waals surface area contributed by atoms with E-state index < -0.39 is 11.4 Å². The van der Waals surface area contributed by atoms with Crippen molar-refractivity contribution in [1.82, 2.24) is 4.98 Å². The zero-order valence-electron chi connectivity index (χ0n) is 24.6. The Bertz CT molecular complexity index is 2000. The third kappa shape index (κ3) is 5.02. The van der Waals surface area contributed by atoms with Gasteiger partial charge >= 0.3 is 0 Å². The van der Waals surface area contributed by atoms with Crippen LogP contribution in [0.4, 0.5) is 17.1 Å². The number of aromatic nitrogens is 1. The minimum atomic E-state index is -0.420. The number of phenols is 1. The van der Waals surface area contributed by atoms with Gasteiger partial charge in [-0.05, 0) is 66.1 Å². The van der Waals surface area contributed by atoms with Crippen molar-refractivity contribution >= 4 is 55.5 Å². The predicted octanol–water partition coefficient (Wildman–Crippen LogP) is 9.38. The molecule has 0 aliphatic carbocycles. The van der Waals surface area contributed by atoms with Crippen LogP contribution < -0.4 is 11.1 Å². The highest BCUT2D eigenvalue weighted by atomic mass is 16.3. The molecule has 7 heteroatoms. The number of amides is 1. The number of aromatic amines is 1. The molecule has 1 amide bonds. The maximum Gasteiger partial charge on any atom is 0.259 e. The summed E-state index contributed by atoms with van der Waals surface area (Å²) < 4.78 is 0. The van der Waals surface area contributed by atoms with Crippen LogP contribution >= 0.6 is 0 Å². The molecule has 216 valence electrons. The number of anilines is 1. The van der Waals surface area contributed by atoms with Crippen LogP contribution in [0.15, 0.2) is 101 Å². The molecule has 0 spiro atoms. The number of nitrogens with one attached hydrogen (secondary N) is 2. The van der Waals surface area contributed by atoms with Gasteiger partial charge in [0.05, 0.1) is 16.8 Å². The number of azo groups is 1. The van der Waals surface area contributed by atoms with E-state index in [1.807, 2.05) is 85.8 Å². The predicted molar refractivity (Wildman–Crippen MR) is 176 cm³/mol. The number of nitrogens with two attached hydrogens (primary N) is 1. The van der Waals surface area contributed by atoms with Gasteiger partial charge in [0.15, 0.2) is 5.75 Å². The summed E-state index contributed by atoms with van der Waals surface area (Å²) in [4.78, 5) is 17.1. The molecule has 0 saturated carbocycles. The number of aryl methyl sites for hydroxylation is 1. The third-order valence-electron chi connectivity index (χ3n) is 8.59. The standard InChI is InChI=1S/C36H35N5O2/c1-4-22-11-7-9-13-29(22)39-35(43)28-21-23-15-20-27-26-12-8-10-14-30(26)38-32(27)31(23)33(34(28)42)41-40-25-18-16-24(17-19-25)36(37,5-2)6-3/h7-21,38,42H,4-6,37H2,1-3H3,(H,39,43). The summed E-state index contributed by atoms with van der Waals surface area (Å²) in [6.07, 6.45) is 2.41. The quantitative estimate of drug-likeness (QED) is 0.137. The van der Waals surface area contributed by atoms with Gasteiger partial charge < -0.3 is 21.1 Å². The molecule has 43 heavy (non-hydrogen) atoms. The summed E-state index contributed by atoms with van der Waals surface area (Å²) in [6, 6.07) is 29.1. The number of benzene rings is 5. The molecule has 0 aliphatic rings. The highest BCUT2D eigenvalue weighted by molar-refractivity contribution is 6.22. The largest absolute Gasteiger partial charge is 0.505 e. The van der Waals surface area contributed by atoms with E-state index >= 15 is 0 Å². The molecule has 6 aromatic rings. The highest BCUT2D eigenvalue weighted by Crippen LogP contribution is 2.44. The fraction of sp³-hybridized carbons (Fsp3) is 0.194. The Morgan fingerprint density at radius 1 is 0.884 bits per heavy atom. The van der Waals surface area contributed by atoms with Crippen molar-refractivity contribution in [1.29, 1.82) is 0 Å². The number of carbonyl (C=O) groups is 1. The first-order valence-electron chi connectivity index (χ1n) is 14.8. The van der Waals surface area contributed by atoms with E-state index in [-0.39, 0.29) is 17.0 Å². The lowest BCUT2D eigenvalue weighted by Gasteiger charge is -2.27. The van der Waals surface area contributed by atoms with Gasteiger partial charge in [-0.15, -0.1) is 5.11 Å². The van der Waals surface area contributed by atoms with E-state index in [1.54, 1.807) is 6.07 Å². The Morgan fingerprint density at radius 2 is 1.60 bits per heavy atom. The van der Waals surface area contributed by atoms with Crippen molar-refractivity contribution in [2.45, 2.75) is 45.6 Å². The van der Waals surface area contributed by atoms with Crippen molar-refractivity contribution in [3.8, 4) is 5.75 Å². The van der Waals surface area contributed by atoms with Crippen molar-refractivity contribution in [3.63, 3.8) is 0 Å². The van der Waals surface area contributed by atoms with Crippen LogP contribution in [-0.2, 0) is 12.0 Å². The molecule has 5 N–H and O–H groups in total. The van der Waals surface area contributed by atoms with Gasteiger partial charge in [0, 0.05) is 32.9 Å². The second kappa shape index (κ2) is 11.3. The zero-order chi connectivity index (χ0) is 30.1. The molecular weight excluding hydrogens is 534 g/mol. The Kier molecular flexibility index (Phi) is 7.42. The van der Waals surface area contributed by atoms with Gasteiger partial charge in [-0.3, -0.25) is 4.79 Å². The summed E-state index contributed by atoms with van der Waals surface area (Å²) in [5.41, 5.74) is 11.7. The van der Waals surface area contributed by atoms with Gasteiger partial charge in [-0.1, -0.05) is 81.4 Å². The molecule has 7 nitrogen and oxygen atoms in total. The maximum atomic E-state index is 13.6. The van der Waals surface area contributed by atoms with E-state index in [0.717, 1.165) is 57.6 Å². The first kappa shape index (κ1) is 28.1. The summed E-state index contributed by atoms with van der Waals surface area (Å²) >= 11 is 0. The molecule has 0 aliphatic heterocycles. The van der Waals surface area contributed by atoms with Crippen LogP contribution in [0.3, 0.4) is 0 Å². The number of fused-ring (bicyclic) bond motifs is 5. The SMILES string of the molecule is CCc1ccccc1NC(=O)c1cc2ccc3c4ccccc4[nH]c3c2c(N=Nc2ccc(C(N)(CC)CC)cc2)c1O. The summed E-state index contributed by atoms with van der Waals surface area (Å²) in [5.74, 6) is -0.653. The van der Waals surface area contributed by atoms with Crippen LogP contribution in [-0.4, -0.2) is 16.0 Å². The first-order valence-corrected chi connectivity index (χ1v) is 14.8. The molecule has 0 radical (unpaired) electrons. The lowest BCUT2D eigenvalue weighted by atomic mass is 9.86. The first-order chi connectivity index (χ1) is 20.9. The fourth-order valence-electron chi connectivity index (χ4n) is 5.82. The van der Waals surface area contributed by atoms with Gasteiger partial charge in [0.2, 0.25) is 0 Å². The lowest BCUT2D eigenvalue weighted by Crippen LogP contribution is -2.34. The second-order valence-electron chi connectivity index (χ2n) is 11.0. The molecule has 6 rings (SSSR count). The van der Waals surface area contributed by atoms with Crippen molar-refractivity contribution in [2.75, 3.05) is 5.32 Å². The number of nitrogens with zero attached hydrogens (tertiary/aromatic N) is 2. The zero-order valence-corrected chi connectivity index (χ0v) is 24.6. The fourth-order valence-corrected chi connectivity index (χ4v) is 5.82. The molecule has 5 aromatic carbocycles. The lowest BCUT2D eigenvalue weighted by molar-refractivity contribution is 0.102. The van der Waals surface area contributed by atoms with Crippen molar-refractivity contribution < 1.29 is 9.90 Å². The second-order valence-corrected chi connectivity index (χ2v) is 11.0. The van der Waals surface area contributed by atoms with Crippen LogP contribution in [0.1, 0.15) is 55.1 Å². The summed E-state index contributed by atoms with van der Waals surface area (Å²) in [6.45, 7) is 6.20. The van der Waals surface area contributed by atoms with E-state index in [9.17, 15) is 9.90 Å². The molecule has 0 saturated heterocycles. The molecular formula is C36H35N5O2. The van der Waals surface area contributed by atoms with Gasteiger partial charge in [-0.2, -0.15) is 5.11 Å². The van der Waals surface area contributed by atoms with E-state index in [0.29, 0.717) is 16.8 Å². The number of hydrogen-bond acceptors (Lipinski definition) is 5. The average molecular weight is 570 g/mol. The topological polar surface area (TPSA) is 116 Å². The molecule has 0 fully saturated rings. The Hall–Kier alpha value is -5.01. The number of hydrogen-bond donors (Lipinski definition) is 4. The molecule has 0 unspecified atom stereocenters. The summed E-state index contributed by atoms with van der Waals surface area (Å²) in [5, 5.41) is 27.2. The molecule has 0 atom stereocenters. The number of aromatic hydroxyl groups is 1. The van der Waals surface area contributed by atoms with Crippen LogP contribution in [0.2, 0.25) is 0 Å². The minimum absolute atomic E-state index is 0.122. The Labute approximate surface area is 250 Å². The Balaban J connectivity index is 1.51. The number of rotatable bonds is 8. The van der Waals surface area contributed by atoms with Crippen LogP contribution in [0.25, 0.3) is 32.6 Å². The smallest absolute Gasteiger partial charge is 0.259 e.